The molecule has 4 nitrogen and oxygen atoms in total. The topological polar surface area (TPSA) is 58.4 Å². The highest BCUT2D eigenvalue weighted by molar-refractivity contribution is 6.39. The van der Waals surface area contributed by atoms with E-state index in [1.165, 1.54) is 5.56 Å². The molecule has 1 aliphatic heterocycles. The number of nitrogen functional groups attached to an aromatic ring is 1. The van der Waals surface area contributed by atoms with Crippen LogP contribution in [0.4, 0.5) is 11.4 Å². The van der Waals surface area contributed by atoms with E-state index in [0.717, 1.165) is 32.5 Å². The molecule has 1 aliphatic rings. The van der Waals surface area contributed by atoms with Crippen molar-refractivity contribution in [3.63, 3.8) is 0 Å². The number of anilines is 2. The van der Waals surface area contributed by atoms with Crippen molar-refractivity contribution in [2.75, 3.05) is 24.1 Å². The van der Waals surface area contributed by atoms with Crippen molar-refractivity contribution in [1.82, 2.24) is 4.90 Å². The summed E-state index contributed by atoms with van der Waals surface area (Å²) in [5, 5.41) is 3.60. The molecule has 0 aliphatic carbocycles. The fraction of sp³-hybridized carbons (Fsp3) is 0.316. The van der Waals surface area contributed by atoms with Crippen molar-refractivity contribution in [3.8, 4) is 0 Å². The van der Waals surface area contributed by atoms with Gasteiger partial charge >= 0.3 is 0 Å². The molecule has 0 aromatic heterocycles. The number of carbonyl (C=O) groups is 1. The van der Waals surface area contributed by atoms with E-state index in [-0.39, 0.29) is 11.8 Å². The lowest BCUT2D eigenvalue weighted by molar-refractivity contribution is -0.121. The van der Waals surface area contributed by atoms with Gasteiger partial charge in [0.15, 0.2) is 0 Å². The summed E-state index contributed by atoms with van der Waals surface area (Å²) in [4.78, 5) is 14.9. The molecule has 0 radical (unpaired) electrons. The Kier molecular flexibility index (Phi) is 5.84. The molecule has 0 bridgehead atoms. The SMILES string of the molecule is Nc1c(Cl)cc(NC(=O)C2CCCN(Cc3ccccc3)C2)cc1Cl. The smallest absolute Gasteiger partial charge is 0.228 e. The Morgan fingerprint density at radius 2 is 1.88 bits per heavy atom. The maximum Gasteiger partial charge on any atom is 0.228 e. The quantitative estimate of drug-likeness (QED) is 0.774. The molecule has 3 rings (SSSR count). The van der Waals surface area contributed by atoms with Crippen molar-refractivity contribution in [2.24, 2.45) is 5.92 Å². The minimum absolute atomic E-state index is 0.00494. The first-order valence-electron chi connectivity index (χ1n) is 8.34. The molecule has 1 amide bonds. The van der Waals surface area contributed by atoms with E-state index in [2.05, 4.69) is 22.3 Å². The molecule has 25 heavy (non-hydrogen) atoms. The van der Waals surface area contributed by atoms with Crippen molar-refractivity contribution in [2.45, 2.75) is 19.4 Å². The lowest BCUT2D eigenvalue weighted by atomic mass is 9.96. The largest absolute Gasteiger partial charge is 0.396 e. The second kappa shape index (κ2) is 8.09. The zero-order valence-corrected chi connectivity index (χ0v) is 15.4. The molecule has 1 heterocycles. The van der Waals surface area contributed by atoms with Crippen LogP contribution >= 0.6 is 23.2 Å². The molecule has 1 saturated heterocycles. The van der Waals surface area contributed by atoms with Crippen LogP contribution in [0.2, 0.25) is 10.0 Å². The number of amides is 1. The zero-order valence-electron chi connectivity index (χ0n) is 13.8. The predicted molar refractivity (Wildman–Crippen MR) is 104 cm³/mol. The number of nitrogens with zero attached hydrogens (tertiary/aromatic N) is 1. The van der Waals surface area contributed by atoms with Crippen molar-refractivity contribution in [1.29, 1.82) is 0 Å². The van der Waals surface area contributed by atoms with Gasteiger partial charge in [0, 0.05) is 18.8 Å². The molecule has 6 heteroatoms. The summed E-state index contributed by atoms with van der Waals surface area (Å²) in [5.41, 5.74) is 7.90. The van der Waals surface area contributed by atoms with Crippen LogP contribution in [0.3, 0.4) is 0 Å². The van der Waals surface area contributed by atoms with Crippen LogP contribution in [0.1, 0.15) is 18.4 Å². The molecular formula is C19H21Cl2N3O. The summed E-state index contributed by atoms with van der Waals surface area (Å²) in [6.45, 7) is 2.62. The van der Waals surface area contributed by atoms with Crippen molar-refractivity contribution in [3.05, 3.63) is 58.1 Å². The normalized spacial score (nSPS) is 18.1. The second-order valence-electron chi connectivity index (χ2n) is 6.40. The third-order valence-corrected chi connectivity index (χ3v) is 5.10. The minimum Gasteiger partial charge on any atom is -0.396 e. The molecule has 0 spiro atoms. The molecule has 1 atom stereocenters. The number of rotatable bonds is 4. The fourth-order valence-electron chi connectivity index (χ4n) is 3.16. The first-order chi connectivity index (χ1) is 12.0. The first kappa shape index (κ1) is 18.1. The molecule has 1 fully saturated rings. The summed E-state index contributed by atoms with van der Waals surface area (Å²) < 4.78 is 0. The van der Waals surface area contributed by atoms with Gasteiger partial charge in [0.1, 0.15) is 0 Å². The molecule has 2 aromatic carbocycles. The Hall–Kier alpha value is -1.75. The fourth-order valence-corrected chi connectivity index (χ4v) is 3.64. The zero-order chi connectivity index (χ0) is 17.8. The maximum absolute atomic E-state index is 12.6. The summed E-state index contributed by atoms with van der Waals surface area (Å²) in [7, 11) is 0. The van der Waals surface area contributed by atoms with Gasteiger partial charge in [-0.2, -0.15) is 0 Å². The number of hydrogen-bond acceptors (Lipinski definition) is 3. The number of nitrogens with two attached hydrogens (primary N) is 1. The van der Waals surface area contributed by atoms with Gasteiger partial charge in [-0.25, -0.2) is 0 Å². The van der Waals surface area contributed by atoms with Gasteiger partial charge in [-0.1, -0.05) is 53.5 Å². The van der Waals surface area contributed by atoms with E-state index >= 15 is 0 Å². The number of benzene rings is 2. The van der Waals surface area contributed by atoms with Crippen LogP contribution in [0.15, 0.2) is 42.5 Å². The van der Waals surface area contributed by atoms with Gasteiger partial charge in [0.2, 0.25) is 5.91 Å². The van der Waals surface area contributed by atoms with Gasteiger partial charge in [-0.15, -0.1) is 0 Å². The van der Waals surface area contributed by atoms with Crippen molar-refractivity contribution >= 4 is 40.5 Å². The third-order valence-electron chi connectivity index (χ3n) is 4.47. The molecule has 3 N–H and O–H groups in total. The lowest BCUT2D eigenvalue weighted by Gasteiger charge is -2.32. The van der Waals surface area contributed by atoms with E-state index in [1.54, 1.807) is 12.1 Å². The Balaban J connectivity index is 1.62. The second-order valence-corrected chi connectivity index (χ2v) is 7.22. The average molecular weight is 378 g/mol. The maximum atomic E-state index is 12.6. The van der Waals surface area contributed by atoms with Gasteiger partial charge in [-0.3, -0.25) is 9.69 Å². The first-order valence-corrected chi connectivity index (χ1v) is 9.10. The van der Waals surface area contributed by atoms with Crippen molar-refractivity contribution < 1.29 is 4.79 Å². The van der Waals surface area contributed by atoms with E-state index in [4.69, 9.17) is 28.9 Å². The van der Waals surface area contributed by atoms with Crippen LogP contribution in [0, 0.1) is 5.92 Å². The van der Waals surface area contributed by atoms with Gasteiger partial charge in [0.05, 0.1) is 21.7 Å². The van der Waals surface area contributed by atoms with Crippen LogP contribution < -0.4 is 11.1 Å². The Bertz CT molecular complexity index is 729. The standard InChI is InChI=1S/C19H21Cl2N3O/c20-16-9-15(10-17(21)18(16)22)23-19(25)14-7-4-8-24(12-14)11-13-5-2-1-3-6-13/h1-3,5-6,9-10,14H,4,7-8,11-12,22H2,(H,23,25). The third kappa shape index (κ3) is 4.66. The molecule has 1 unspecified atom stereocenters. The van der Waals surface area contributed by atoms with Crippen LogP contribution in [0.25, 0.3) is 0 Å². The lowest BCUT2D eigenvalue weighted by Crippen LogP contribution is -2.40. The predicted octanol–water partition coefficient (Wildman–Crippen LogP) is 4.43. The number of carbonyl (C=O) groups excluding carboxylic acids is 1. The Labute approximate surface area is 157 Å². The molecular weight excluding hydrogens is 357 g/mol. The van der Waals surface area contributed by atoms with Gasteiger partial charge < -0.3 is 11.1 Å². The van der Waals surface area contributed by atoms with E-state index < -0.39 is 0 Å². The molecule has 132 valence electrons. The highest BCUT2D eigenvalue weighted by atomic mass is 35.5. The summed E-state index contributed by atoms with van der Waals surface area (Å²) in [5.74, 6) is -0.0535. The minimum atomic E-state index is -0.0485. The van der Waals surface area contributed by atoms with Gasteiger partial charge in [0.25, 0.3) is 0 Å². The number of nitrogens with one attached hydrogen (secondary N) is 1. The summed E-state index contributed by atoms with van der Waals surface area (Å²) in [6.07, 6.45) is 1.89. The van der Waals surface area contributed by atoms with Crippen LogP contribution in [-0.2, 0) is 11.3 Å². The summed E-state index contributed by atoms with van der Waals surface area (Å²) >= 11 is 12.1. The molecule has 0 saturated carbocycles. The average Bonchev–Trinajstić information content (AvgIpc) is 2.61. The van der Waals surface area contributed by atoms with E-state index in [1.807, 2.05) is 18.2 Å². The van der Waals surface area contributed by atoms with E-state index in [9.17, 15) is 4.79 Å². The van der Waals surface area contributed by atoms with E-state index in [0.29, 0.717) is 21.4 Å². The Morgan fingerprint density at radius 1 is 1.20 bits per heavy atom. The monoisotopic (exact) mass is 377 g/mol. The van der Waals surface area contributed by atoms with Crippen LogP contribution in [0.5, 0.6) is 0 Å². The summed E-state index contributed by atoms with van der Waals surface area (Å²) in [6, 6.07) is 13.6. The van der Waals surface area contributed by atoms with Gasteiger partial charge in [-0.05, 0) is 37.1 Å². The van der Waals surface area contributed by atoms with Crippen LogP contribution in [-0.4, -0.2) is 23.9 Å². The highest BCUT2D eigenvalue weighted by Crippen LogP contribution is 2.31. The number of likely N-dealkylation sites (tertiary alicyclic amines) is 1. The Morgan fingerprint density at radius 3 is 2.56 bits per heavy atom. The highest BCUT2D eigenvalue weighted by Gasteiger charge is 2.26. The number of halogens is 2. The number of hydrogen-bond donors (Lipinski definition) is 2. The molecule has 2 aromatic rings. The number of piperidine rings is 1.